The van der Waals surface area contributed by atoms with Gasteiger partial charge in [-0.25, -0.2) is 4.98 Å². The highest BCUT2D eigenvalue weighted by molar-refractivity contribution is 5.50. The van der Waals surface area contributed by atoms with Crippen molar-refractivity contribution in [2.24, 2.45) is 5.92 Å². The second-order valence-corrected chi connectivity index (χ2v) is 4.54. The maximum absolute atomic E-state index is 5.73. The number of aromatic nitrogens is 1. The molecule has 0 amide bonds. The number of hydrogen-bond acceptors (Lipinski definition) is 3. The van der Waals surface area contributed by atoms with E-state index in [0.717, 1.165) is 17.9 Å². The van der Waals surface area contributed by atoms with Crippen LogP contribution in [0.3, 0.4) is 0 Å². The Kier molecular flexibility index (Phi) is 3.95. The molecule has 0 aliphatic heterocycles. The van der Waals surface area contributed by atoms with Gasteiger partial charge in [-0.1, -0.05) is 13.8 Å². The lowest BCUT2D eigenvalue weighted by molar-refractivity contribution is 0.502. The maximum atomic E-state index is 5.73. The van der Waals surface area contributed by atoms with Crippen LogP contribution in [0.15, 0.2) is 18.3 Å². The molecule has 0 aliphatic carbocycles. The van der Waals surface area contributed by atoms with E-state index in [1.165, 1.54) is 0 Å². The molecule has 3 nitrogen and oxygen atoms in total. The molecule has 0 fully saturated rings. The van der Waals surface area contributed by atoms with Crippen molar-refractivity contribution in [2.75, 3.05) is 17.7 Å². The molecule has 0 saturated heterocycles. The van der Waals surface area contributed by atoms with Crippen LogP contribution in [0.2, 0.25) is 0 Å². The zero-order valence-electron chi connectivity index (χ0n) is 10.1. The first kappa shape index (κ1) is 11.8. The molecule has 0 aliphatic rings. The van der Waals surface area contributed by atoms with E-state index in [1.807, 2.05) is 12.1 Å². The quantitative estimate of drug-likeness (QED) is 0.825. The van der Waals surface area contributed by atoms with Crippen molar-refractivity contribution < 1.29 is 0 Å². The van der Waals surface area contributed by atoms with E-state index >= 15 is 0 Å². The summed E-state index contributed by atoms with van der Waals surface area (Å²) in [5, 5.41) is 0. The first-order valence-corrected chi connectivity index (χ1v) is 5.45. The lowest BCUT2D eigenvalue weighted by Gasteiger charge is -2.27. The molecule has 0 aromatic carbocycles. The van der Waals surface area contributed by atoms with Crippen LogP contribution < -0.4 is 10.6 Å². The van der Waals surface area contributed by atoms with Gasteiger partial charge >= 0.3 is 0 Å². The van der Waals surface area contributed by atoms with Crippen molar-refractivity contribution in [1.29, 1.82) is 0 Å². The summed E-state index contributed by atoms with van der Waals surface area (Å²) in [6.07, 6.45) is 2.91. The van der Waals surface area contributed by atoms with Crippen molar-refractivity contribution in [1.82, 2.24) is 4.98 Å². The van der Waals surface area contributed by atoms with E-state index in [2.05, 4.69) is 37.7 Å². The molecule has 1 aromatic rings. The van der Waals surface area contributed by atoms with Gasteiger partial charge in [0, 0.05) is 31.0 Å². The molecular formula is C12H21N3. The SMILES string of the molecule is CC(C)CC(C)N(C)c1cc(N)ccn1. The Morgan fingerprint density at radius 1 is 1.40 bits per heavy atom. The second kappa shape index (κ2) is 5.01. The topological polar surface area (TPSA) is 42.1 Å². The predicted molar refractivity (Wildman–Crippen MR) is 66.0 cm³/mol. The van der Waals surface area contributed by atoms with E-state index in [4.69, 9.17) is 5.73 Å². The third kappa shape index (κ3) is 3.42. The average Bonchev–Trinajstić information content (AvgIpc) is 2.15. The Labute approximate surface area is 92.3 Å². The second-order valence-electron chi connectivity index (χ2n) is 4.54. The number of nitrogen functional groups attached to an aromatic ring is 1. The average molecular weight is 207 g/mol. The first-order valence-electron chi connectivity index (χ1n) is 5.45. The fourth-order valence-corrected chi connectivity index (χ4v) is 1.69. The third-order valence-electron chi connectivity index (χ3n) is 2.60. The van der Waals surface area contributed by atoms with Crippen molar-refractivity contribution in [2.45, 2.75) is 33.2 Å². The van der Waals surface area contributed by atoms with E-state index in [9.17, 15) is 0 Å². The first-order chi connectivity index (χ1) is 7.00. The fourth-order valence-electron chi connectivity index (χ4n) is 1.69. The molecule has 1 atom stereocenters. The van der Waals surface area contributed by atoms with Crippen LogP contribution in [0.5, 0.6) is 0 Å². The number of nitrogens with zero attached hydrogens (tertiary/aromatic N) is 2. The van der Waals surface area contributed by atoms with Crippen molar-refractivity contribution in [3.8, 4) is 0 Å². The Morgan fingerprint density at radius 3 is 2.60 bits per heavy atom. The third-order valence-corrected chi connectivity index (χ3v) is 2.60. The molecule has 1 rings (SSSR count). The molecule has 0 spiro atoms. The Morgan fingerprint density at radius 2 is 2.07 bits per heavy atom. The number of pyridine rings is 1. The van der Waals surface area contributed by atoms with Crippen LogP contribution in [0, 0.1) is 5.92 Å². The fraction of sp³-hybridized carbons (Fsp3) is 0.583. The highest BCUT2D eigenvalue weighted by Gasteiger charge is 2.12. The molecule has 84 valence electrons. The van der Waals surface area contributed by atoms with Gasteiger partial charge in [0.25, 0.3) is 0 Å². The standard InChI is InChI=1S/C12H21N3/c1-9(2)7-10(3)15(4)12-8-11(13)5-6-14-12/h5-6,8-10H,7H2,1-4H3,(H2,13,14). The van der Waals surface area contributed by atoms with Crippen molar-refractivity contribution in [3.05, 3.63) is 18.3 Å². The molecule has 2 N–H and O–H groups in total. The minimum Gasteiger partial charge on any atom is -0.399 e. The minimum absolute atomic E-state index is 0.485. The van der Waals surface area contributed by atoms with Gasteiger partial charge in [0.2, 0.25) is 0 Å². The van der Waals surface area contributed by atoms with E-state index in [0.29, 0.717) is 12.0 Å². The normalized spacial score (nSPS) is 12.9. The Hall–Kier alpha value is -1.25. The van der Waals surface area contributed by atoms with Crippen LogP contribution in [0.4, 0.5) is 11.5 Å². The molecule has 0 radical (unpaired) electrons. The van der Waals surface area contributed by atoms with Gasteiger partial charge in [-0.2, -0.15) is 0 Å². The molecule has 1 aromatic heterocycles. The van der Waals surface area contributed by atoms with Gasteiger partial charge in [0.15, 0.2) is 0 Å². The summed E-state index contributed by atoms with van der Waals surface area (Å²) < 4.78 is 0. The molecule has 0 saturated carbocycles. The number of rotatable bonds is 4. The van der Waals surface area contributed by atoms with Crippen LogP contribution in [-0.2, 0) is 0 Å². The zero-order chi connectivity index (χ0) is 11.4. The lowest BCUT2D eigenvalue weighted by atomic mass is 10.0. The molecule has 1 heterocycles. The minimum atomic E-state index is 0.485. The summed E-state index contributed by atoms with van der Waals surface area (Å²) in [5.41, 5.74) is 6.50. The van der Waals surface area contributed by atoms with Gasteiger partial charge in [-0.3, -0.25) is 0 Å². The van der Waals surface area contributed by atoms with Crippen LogP contribution >= 0.6 is 0 Å². The summed E-state index contributed by atoms with van der Waals surface area (Å²) in [7, 11) is 2.06. The molecule has 3 heteroatoms. The molecule has 15 heavy (non-hydrogen) atoms. The summed E-state index contributed by atoms with van der Waals surface area (Å²) >= 11 is 0. The van der Waals surface area contributed by atoms with Gasteiger partial charge in [-0.05, 0) is 25.3 Å². The summed E-state index contributed by atoms with van der Waals surface area (Å²) in [6.45, 7) is 6.68. The predicted octanol–water partition coefficient (Wildman–Crippen LogP) is 2.53. The smallest absolute Gasteiger partial charge is 0.130 e. The highest BCUT2D eigenvalue weighted by Crippen LogP contribution is 2.18. The molecule has 0 bridgehead atoms. The van der Waals surface area contributed by atoms with E-state index in [1.54, 1.807) is 6.20 Å². The van der Waals surface area contributed by atoms with Crippen LogP contribution in [0.1, 0.15) is 27.2 Å². The van der Waals surface area contributed by atoms with Gasteiger partial charge in [0.05, 0.1) is 0 Å². The van der Waals surface area contributed by atoms with E-state index < -0.39 is 0 Å². The van der Waals surface area contributed by atoms with Crippen LogP contribution in [0.25, 0.3) is 0 Å². The number of anilines is 2. The van der Waals surface area contributed by atoms with Crippen molar-refractivity contribution >= 4 is 11.5 Å². The largest absolute Gasteiger partial charge is 0.399 e. The Balaban J connectivity index is 2.71. The highest BCUT2D eigenvalue weighted by atomic mass is 15.2. The zero-order valence-corrected chi connectivity index (χ0v) is 10.1. The van der Waals surface area contributed by atoms with Gasteiger partial charge < -0.3 is 10.6 Å². The molecule has 1 unspecified atom stereocenters. The summed E-state index contributed by atoms with van der Waals surface area (Å²) in [5.74, 6) is 1.65. The van der Waals surface area contributed by atoms with Crippen LogP contribution in [-0.4, -0.2) is 18.1 Å². The number of nitrogens with two attached hydrogens (primary N) is 1. The van der Waals surface area contributed by atoms with Gasteiger partial charge in [-0.15, -0.1) is 0 Å². The molecular weight excluding hydrogens is 186 g/mol. The monoisotopic (exact) mass is 207 g/mol. The Bertz CT molecular complexity index is 309. The van der Waals surface area contributed by atoms with E-state index in [-0.39, 0.29) is 0 Å². The van der Waals surface area contributed by atoms with Gasteiger partial charge in [0.1, 0.15) is 5.82 Å². The maximum Gasteiger partial charge on any atom is 0.130 e. The summed E-state index contributed by atoms with van der Waals surface area (Å²) in [6, 6.07) is 4.21. The summed E-state index contributed by atoms with van der Waals surface area (Å²) in [4.78, 5) is 6.49. The lowest BCUT2D eigenvalue weighted by Crippen LogP contribution is -2.30. The number of hydrogen-bond donors (Lipinski definition) is 1. The van der Waals surface area contributed by atoms with Crippen molar-refractivity contribution in [3.63, 3.8) is 0 Å².